The molecule has 24 heavy (non-hydrogen) atoms. The molecule has 0 spiro atoms. The van der Waals surface area contributed by atoms with E-state index < -0.39 is 24.1 Å². The van der Waals surface area contributed by atoms with Gasteiger partial charge in [-0.25, -0.2) is 9.07 Å². The molecular formula is C15H14F4N4O. The molecule has 0 bridgehead atoms. The third-order valence-electron chi connectivity index (χ3n) is 3.71. The Labute approximate surface area is 134 Å². The predicted molar refractivity (Wildman–Crippen MR) is 78.5 cm³/mol. The number of aromatic nitrogens is 2. The first-order valence-corrected chi connectivity index (χ1v) is 7.24. The number of amides is 1. The molecule has 2 aromatic rings. The zero-order chi connectivity index (χ0) is 17.3. The van der Waals surface area contributed by atoms with E-state index in [1.54, 1.807) is 0 Å². The summed E-state index contributed by atoms with van der Waals surface area (Å²) in [5.74, 6) is -0.377. The Bertz CT molecular complexity index is 726. The van der Waals surface area contributed by atoms with Gasteiger partial charge in [0.1, 0.15) is 11.9 Å². The number of carbonyl (C=O) groups is 1. The number of alkyl halides is 4. The lowest BCUT2D eigenvalue weighted by Gasteiger charge is -2.13. The van der Waals surface area contributed by atoms with Gasteiger partial charge in [0.2, 0.25) is 5.91 Å². The van der Waals surface area contributed by atoms with Crippen molar-refractivity contribution in [3.8, 4) is 5.69 Å². The molecule has 1 saturated heterocycles. The smallest absolute Gasteiger partial charge is 0.325 e. The predicted octanol–water partition coefficient (Wildman–Crippen LogP) is 2.53. The molecule has 5 nitrogen and oxygen atoms in total. The third-order valence-corrected chi connectivity index (χ3v) is 3.71. The highest BCUT2D eigenvalue weighted by molar-refractivity contribution is 5.95. The lowest BCUT2D eigenvalue weighted by Crippen LogP contribution is -2.35. The average Bonchev–Trinajstić information content (AvgIpc) is 3.16. The van der Waals surface area contributed by atoms with Crippen LogP contribution >= 0.6 is 0 Å². The van der Waals surface area contributed by atoms with E-state index in [1.165, 1.54) is 24.3 Å². The number of anilines is 1. The molecule has 1 aromatic heterocycles. The fourth-order valence-corrected chi connectivity index (χ4v) is 2.53. The first kappa shape index (κ1) is 16.4. The van der Waals surface area contributed by atoms with E-state index in [2.05, 4.69) is 15.7 Å². The molecule has 3 rings (SSSR count). The summed E-state index contributed by atoms with van der Waals surface area (Å²) in [7, 11) is 0. The van der Waals surface area contributed by atoms with Gasteiger partial charge in [0.25, 0.3) is 0 Å². The van der Waals surface area contributed by atoms with Crippen LogP contribution in [-0.2, 0) is 11.0 Å². The van der Waals surface area contributed by atoms with Gasteiger partial charge >= 0.3 is 6.18 Å². The zero-order valence-corrected chi connectivity index (χ0v) is 12.3. The SMILES string of the molecule is O=C(Nc1ccc(-n2nccc2C(F)(F)F)cc1)[C@H]1C[C@H](F)CN1. The normalized spacial score (nSPS) is 21.0. The molecule has 2 atom stereocenters. The number of carbonyl (C=O) groups excluding carboxylic acids is 1. The van der Waals surface area contributed by atoms with E-state index >= 15 is 0 Å². The van der Waals surface area contributed by atoms with Crippen LogP contribution in [-0.4, -0.2) is 34.4 Å². The van der Waals surface area contributed by atoms with Crippen LogP contribution < -0.4 is 10.6 Å². The highest BCUT2D eigenvalue weighted by Crippen LogP contribution is 2.30. The Hall–Kier alpha value is -2.42. The van der Waals surface area contributed by atoms with Crippen LogP contribution in [0.1, 0.15) is 12.1 Å². The maximum Gasteiger partial charge on any atom is 0.433 e. The van der Waals surface area contributed by atoms with Gasteiger partial charge in [0.05, 0.1) is 17.9 Å². The Morgan fingerprint density at radius 3 is 2.54 bits per heavy atom. The average molecular weight is 342 g/mol. The first-order chi connectivity index (χ1) is 11.3. The van der Waals surface area contributed by atoms with Crippen molar-refractivity contribution in [1.29, 1.82) is 0 Å². The lowest BCUT2D eigenvalue weighted by atomic mass is 10.2. The highest BCUT2D eigenvalue weighted by Gasteiger charge is 2.35. The van der Waals surface area contributed by atoms with Crippen LogP contribution in [0.4, 0.5) is 23.2 Å². The van der Waals surface area contributed by atoms with Crippen molar-refractivity contribution < 1.29 is 22.4 Å². The van der Waals surface area contributed by atoms with Gasteiger partial charge in [-0.3, -0.25) is 4.79 Å². The second-order valence-electron chi connectivity index (χ2n) is 5.46. The monoisotopic (exact) mass is 342 g/mol. The maximum absolute atomic E-state index is 13.1. The standard InChI is InChI=1S/C15H14F4N4O/c16-9-7-12(20-8-9)14(24)22-10-1-3-11(4-2-10)23-13(5-6-21-23)15(17,18)19/h1-6,9,12,20H,7-8H2,(H,22,24)/t9-,12+/m0/s1. The summed E-state index contributed by atoms with van der Waals surface area (Å²) in [6.07, 6.45) is -4.40. The van der Waals surface area contributed by atoms with Crippen LogP contribution in [0.15, 0.2) is 36.5 Å². The number of hydrogen-bond donors (Lipinski definition) is 2. The van der Waals surface area contributed by atoms with E-state index in [0.29, 0.717) is 5.69 Å². The summed E-state index contributed by atoms with van der Waals surface area (Å²) in [5, 5.41) is 9.03. The number of rotatable bonds is 3. The van der Waals surface area contributed by atoms with Crippen molar-refractivity contribution in [2.45, 2.75) is 24.8 Å². The van der Waals surface area contributed by atoms with E-state index in [0.717, 1.165) is 16.9 Å². The zero-order valence-electron chi connectivity index (χ0n) is 12.3. The molecule has 9 heteroatoms. The molecule has 2 N–H and O–H groups in total. The Morgan fingerprint density at radius 1 is 1.25 bits per heavy atom. The minimum Gasteiger partial charge on any atom is -0.325 e. The van der Waals surface area contributed by atoms with E-state index in [-0.39, 0.29) is 24.6 Å². The van der Waals surface area contributed by atoms with Crippen molar-refractivity contribution in [2.75, 3.05) is 11.9 Å². The van der Waals surface area contributed by atoms with Crippen molar-refractivity contribution in [1.82, 2.24) is 15.1 Å². The molecular weight excluding hydrogens is 328 g/mol. The molecule has 1 amide bonds. The highest BCUT2D eigenvalue weighted by atomic mass is 19.4. The van der Waals surface area contributed by atoms with Crippen LogP contribution in [0, 0.1) is 0 Å². The van der Waals surface area contributed by atoms with Crippen LogP contribution in [0.5, 0.6) is 0 Å². The van der Waals surface area contributed by atoms with Gasteiger partial charge in [0, 0.05) is 18.7 Å². The Morgan fingerprint density at radius 2 is 1.96 bits per heavy atom. The Kier molecular flexibility index (Phi) is 4.27. The molecule has 1 aliphatic rings. The summed E-state index contributed by atoms with van der Waals surface area (Å²) in [5.41, 5.74) is -0.259. The molecule has 0 aliphatic carbocycles. The largest absolute Gasteiger partial charge is 0.433 e. The molecule has 1 aromatic carbocycles. The molecule has 1 aliphatic heterocycles. The van der Waals surface area contributed by atoms with Crippen LogP contribution in [0.2, 0.25) is 0 Å². The van der Waals surface area contributed by atoms with Crippen molar-refractivity contribution >= 4 is 11.6 Å². The summed E-state index contributed by atoms with van der Waals surface area (Å²) in [6, 6.07) is 6.04. The quantitative estimate of drug-likeness (QED) is 0.843. The van der Waals surface area contributed by atoms with Crippen molar-refractivity contribution in [2.24, 2.45) is 0 Å². The van der Waals surface area contributed by atoms with Gasteiger partial charge in [-0.05, 0) is 30.3 Å². The fourth-order valence-electron chi connectivity index (χ4n) is 2.53. The molecule has 128 valence electrons. The van der Waals surface area contributed by atoms with Gasteiger partial charge in [-0.15, -0.1) is 0 Å². The van der Waals surface area contributed by atoms with Crippen LogP contribution in [0.25, 0.3) is 5.69 Å². The van der Waals surface area contributed by atoms with Crippen LogP contribution in [0.3, 0.4) is 0 Å². The number of hydrogen-bond acceptors (Lipinski definition) is 3. The summed E-state index contributed by atoms with van der Waals surface area (Å²) in [4.78, 5) is 12.0. The van der Waals surface area contributed by atoms with Crippen molar-refractivity contribution in [3.63, 3.8) is 0 Å². The number of nitrogens with one attached hydrogen (secondary N) is 2. The van der Waals surface area contributed by atoms with E-state index in [1.807, 2.05) is 0 Å². The third kappa shape index (κ3) is 3.40. The number of nitrogens with zero attached hydrogens (tertiary/aromatic N) is 2. The topological polar surface area (TPSA) is 59.0 Å². The summed E-state index contributed by atoms with van der Waals surface area (Å²) >= 11 is 0. The lowest BCUT2D eigenvalue weighted by molar-refractivity contribution is -0.142. The van der Waals surface area contributed by atoms with E-state index in [9.17, 15) is 22.4 Å². The molecule has 0 radical (unpaired) electrons. The first-order valence-electron chi connectivity index (χ1n) is 7.24. The number of benzene rings is 1. The second-order valence-corrected chi connectivity index (χ2v) is 5.46. The molecule has 0 unspecified atom stereocenters. The van der Waals surface area contributed by atoms with Gasteiger partial charge in [0.15, 0.2) is 0 Å². The van der Waals surface area contributed by atoms with Gasteiger partial charge in [-0.1, -0.05) is 0 Å². The Balaban J connectivity index is 1.72. The van der Waals surface area contributed by atoms with E-state index in [4.69, 9.17) is 0 Å². The minimum absolute atomic E-state index is 0.103. The molecule has 0 saturated carbocycles. The van der Waals surface area contributed by atoms with Gasteiger partial charge < -0.3 is 10.6 Å². The van der Waals surface area contributed by atoms with Crippen molar-refractivity contribution in [3.05, 3.63) is 42.2 Å². The minimum atomic E-state index is -4.51. The number of halogens is 4. The van der Waals surface area contributed by atoms with Gasteiger partial charge in [-0.2, -0.15) is 18.3 Å². The summed E-state index contributed by atoms with van der Waals surface area (Å²) in [6.45, 7) is 0.135. The summed E-state index contributed by atoms with van der Waals surface area (Å²) < 4.78 is 52.5. The molecule has 2 heterocycles. The second kappa shape index (κ2) is 6.23. The fraction of sp³-hybridized carbons (Fsp3) is 0.333. The maximum atomic E-state index is 13.1. The molecule has 1 fully saturated rings.